The lowest BCUT2D eigenvalue weighted by atomic mass is 9.65. The Hall–Kier alpha value is -2.68. The summed E-state index contributed by atoms with van der Waals surface area (Å²) in [6, 6.07) is 8.56. The van der Waals surface area contributed by atoms with Gasteiger partial charge in [-0.3, -0.25) is 9.52 Å². The highest BCUT2D eigenvalue weighted by molar-refractivity contribution is 7.92. The lowest BCUT2D eigenvalue weighted by Gasteiger charge is -2.36. The van der Waals surface area contributed by atoms with E-state index >= 15 is 0 Å². The zero-order valence-electron chi connectivity index (χ0n) is 16.6. The van der Waals surface area contributed by atoms with Gasteiger partial charge in [0.05, 0.1) is 5.41 Å². The van der Waals surface area contributed by atoms with Crippen LogP contribution in [0.25, 0.3) is 0 Å². The topological polar surface area (TPSA) is 84.5 Å². The first kappa shape index (κ1) is 20.6. The Morgan fingerprint density at radius 1 is 1.23 bits per heavy atom. The van der Waals surface area contributed by atoms with E-state index in [4.69, 9.17) is 0 Å². The summed E-state index contributed by atoms with van der Waals surface area (Å²) in [5, 5.41) is 2.95. The standard InChI is InChI=1S/C21H22F2N2O4S/c1-3-13-11-14(12-15-18(13)24-19(26)21(15)9-6-10-21)25-30(27,28)17-8-5-4-7-16(17)29-20(2,22)23/h4-5,7-8,11-12,25H,3,6,9-10H2,1-2H3,(H,24,26). The van der Waals surface area contributed by atoms with Crippen molar-refractivity contribution in [2.24, 2.45) is 0 Å². The summed E-state index contributed by atoms with van der Waals surface area (Å²) in [6.45, 7) is 2.46. The van der Waals surface area contributed by atoms with Crippen molar-refractivity contribution < 1.29 is 26.7 Å². The molecule has 1 aliphatic heterocycles. The maximum absolute atomic E-state index is 13.3. The van der Waals surface area contributed by atoms with Crippen LogP contribution < -0.4 is 14.8 Å². The number of rotatable bonds is 6. The number of hydrogen-bond donors (Lipinski definition) is 2. The fraction of sp³-hybridized carbons (Fsp3) is 0.381. The van der Waals surface area contributed by atoms with Crippen LogP contribution in [0.4, 0.5) is 20.2 Å². The molecule has 2 aliphatic rings. The number of hydrogen-bond acceptors (Lipinski definition) is 4. The van der Waals surface area contributed by atoms with Crippen LogP contribution >= 0.6 is 0 Å². The molecule has 6 nitrogen and oxygen atoms in total. The lowest BCUT2D eigenvalue weighted by molar-refractivity contribution is -0.160. The number of nitrogens with one attached hydrogen (secondary N) is 2. The van der Waals surface area contributed by atoms with Gasteiger partial charge in [-0.05, 0) is 54.7 Å². The second kappa shape index (κ2) is 6.94. The minimum atomic E-state index is -4.21. The Labute approximate surface area is 173 Å². The number of para-hydroxylation sites is 1. The zero-order valence-corrected chi connectivity index (χ0v) is 17.4. The lowest BCUT2D eigenvalue weighted by Crippen LogP contribution is -2.40. The van der Waals surface area contributed by atoms with E-state index in [1.165, 1.54) is 24.3 Å². The highest BCUT2D eigenvalue weighted by Crippen LogP contribution is 2.53. The molecule has 0 aromatic heterocycles. The molecule has 30 heavy (non-hydrogen) atoms. The number of anilines is 2. The zero-order chi connectivity index (χ0) is 21.7. The molecule has 0 saturated heterocycles. The third-order valence-electron chi connectivity index (χ3n) is 5.68. The second-order valence-corrected chi connectivity index (χ2v) is 9.41. The molecule has 0 unspecified atom stereocenters. The molecule has 1 aliphatic carbocycles. The van der Waals surface area contributed by atoms with Crippen molar-refractivity contribution in [1.82, 2.24) is 0 Å². The van der Waals surface area contributed by atoms with Gasteiger partial charge in [0.2, 0.25) is 5.91 Å². The molecule has 0 bridgehead atoms. The molecule has 1 heterocycles. The SMILES string of the molecule is CCc1cc(NS(=O)(=O)c2ccccc2OC(C)(F)F)cc2c1NC(=O)C21CCC1. The molecule has 1 spiro atoms. The van der Waals surface area contributed by atoms with Crippen molar-refractivity contribution >= 4 is 27.3 Å². The monoisotopic (exact) mass is 436 g/mol. The predicted molar refractivity (Wildman–Crippen MR) is 108 cm³/mol. The van der Waals surface area contributed by atoms with E-state index < -0.39 is 32.2 Å². The highest BCUT2D eigenvalue weighted by atomic mass is 32.2. The van der Waals surface area contributed by atoms with E-state index in [9.17, 15) is 22.0 Å². The van der Waals surface area contributed by atoms with Crippen molar-refractivity contribution in [3.05, 3.63) is 47.5 Å². The minimum absolute atomic E-state index is 0.0534. The van der Waals surface area contributed by atoms with Crippen LogP contribution in [0, 0.1) is 0 Å². The Bertz CT molecular complexity index is 1120. The second-order valence-electron chi connectivity index (χ2n) is 7.76. The summed E-state index contributed by atoms with van der Waals surface area (Å²) in [6.07, 6.45) is -0.575. The van der Waals surface area contributed by atoms with Crippen LogP contribution in [0.1, 0.15) is 44.2 Å². The van der Waals surface area contributed by atoms with Crippen LogP contribution in [0.15, 0.2) is 41.3 Å². The molecule has 2 N–H and O–H groups in total. The number of ether oxygens (including phenoxy) is 1. The summed E-state index contributed by atoms with van der Waals surface area (Å²) in [5.41, 5.74) is 2.03. The molecular formula is C21H22F2N2O4S. The predicted octanol–water partition coefficient (Wildman–Crippen LogP) is 4.42. The smallest absolute Gasteiger partial charge is 0.394 e. The normalized spacial score (nSPS) is 17.3. The fourth-order valence-electron chi connectivity index (χ4n) is 4.11. The van der Waals surface area contributed by atoms with Gasteiger partial charge < -0.3 is 10.1 Å². The van der Waals surface area contributed by atoms with E-state index in [1.807, 2.05) is 6.92 Å². The summed E-state index contributed by atoms with van der Waals surface area (Å²) in [5.74, 6) is -0.496. The molecule has 0 atom stereocenters. The molecule has 2 aromatic rings. The van der Waals surface area contributed by atoms with Crippen molar-refractivity contribution in [2.75, 3.05) is 10.0 Å². The summed E-state index contributed by atoms with van der Waals surface area (Å²) >= 11 is 0. The Morgan fingerprint density at radius 3 is 2.53 bits per heavy atom. The number of sulfonamides is 1. The minimum Gasteiger partial charge on any atom is -0.431 e. The van der Waals surface area contributed by atoms with Crippen molar-refractivity contribution in [2.45, 2.75) is 55.9 Å². The van der Waals surface area contributed by atoms with Gasteiger partial charge in [0, 0.05) is 18.3 Å². The number of amides is 1. The Balaban J connectivity index is 1.73. The van der Waals surface area contributed by atoms with Crippen molar-refractivity contribution in [3.8, 4) is 5.75 Å². The first-order valence-corrected chi connectivity index (χ1v) is 11.2. The first-order valence-electron chi connectivity index (χ1n) is 9.73. The van der Waals surface area contributed by atoms with Gasteiger partial charge in [0.25, 0.3) is 10.0 Å². The van der Waals surface area contributed by atoms with Crippen LogP contribution in [0.5, 0.6) is 5.75 Å². The van der Waals surface area contributed by atoms with Crippen LogP contribution in [0.2, 0.25) is 0 Å². The number of fused-ring (bicyclic) bond motifs is 2. The maximum atomic E-state index is 13.3. The number of halogens is 2. The molecule has 2 aromatic carbocycles. The average molecular weight is 436 g/mol. The van der Waals surface area contributed by atoms with Gasteiger partial charge in [-0.15, -0.1) is 0 Å². The molecule has 1 saturated carbocycles. The fourth-order valence-corrected chi connectivity index (χ4v) is 5.28. The van der Waals surface area contributed by atoms with Crippen LogP contribution in [-0.2, 0) is 26.7 Å². The number of carbonyl (C=O) groups is 1. The third-order valence-corrected chi connectivity index (χ3v) is 7.10. The van der Waals surface area contributed by atoms with E-state index in [0.29, 0.717) is 26.2 Å². The molecule has 1 fully saturated rings. The van der Waals surface area contributed by atoms with E-state index in [-0.39, 0.29) is 11.6 Å². The highest BCUT2D eigenvalue weighted by Gasteiger charge is 2.51. The number of carbonyl (C=O) groups excluding carboxylic acids is 1. The Morgan fingerprint density at radius 2 is 1.93 bits per heavy atom. The van der Waals surface area contributed by atoms with E-state index in [0.717, 1.165) is 23.2 Å². The van der Waals surface area contributed by atoms with Gasteiger partial charge in [0.1, 0.15) is 10.6 Å². The van der Waals surface area contributed by atoms with Gasteiger partial charge in [-0.25, -0.2) is 8.42 Å². The maximum Gasteiger partial charge on any atom is 0.394 e. The molecule has 4 rings (SSSR count). The quantitative estimate of drug-likeness (QED) is 0.702. The molecule has 0 radical (unpaired) electrons. The van der Waals surface area contributed by atoms with Crippen LogP contribution in [0.3, 0.4) is 0 Å². The molecule has 9 heteroatoms. The Kier molecular flexibility index (Phi) is 4.76. The summed E-state index contributed by atoms with van der Waals surface area (Å²) in [7, 11) is -4.21. The molecular weight excluding hydrogens is 414 g/mol. The molecule has 1 amide bonds. The van der Waals surface area contributed by atoms with Gasteiger partial charge in [0.15, 0.2) is 0 Å². The molecule has 160 valence electrons. The largest absolute Gasteiger partial charge is 0.431 e. The van der Waals surface area contributed by atoms with Gasteiger partial charge >= 0.3 is 6.11 Å². The van der Waals surface area contributed by atoms with Crippen molar-refractivity contribution in [3.63, 3.8) is 0 Å². The first-order chi connectivity index (χ1) is 14.1. The summed E-state index contributed by atoms with van der Waals surface area (Å²) in [4.78, 5) is 12.2. The van der Waals surface area contributed by atoms with Gasteiger partial charge in [-0.1, -0.05) is 25.5 Å². The van der Waals surface area contributed by atoms with Crippen molar-refractivity contribution in [1.29, 1.82) is 0 Å². The number of aryl methyl sites for hydroxylation is 1. The third kappa shape index (κ3) is 3.40. The summed E-state index contributed by atoms with van der Waals surface area (Å²) < 4.78 is 59.7. The number of alkyl halides is 2. The average Bonchev–Trinajstić information content (AvgIpc) is 2.91. The van der Waals surface area contributed by atoms with E-state index in [2.05, 4.69) is 14.8 Å². The number of benzene rings is 2. The van der Waals surface area contributed by atoms with Gasteiger partial charge in [-0.2, -0.15) is 8.78 Å². The van der Waals surface area contributed by atoms with E-state index in [1.54, 1.807) is 12.1 Å². The van der Waals surface area contributed by atoms with Crippen LogP contribution in [-0.4, -0.2) is 20.4 Å².